The van der Waals surface area contributed by atoms with Crippen LogP contribution in [-0.4, -0.2) is 12.6 Å². The van der Waals surface area contributed by atoms with Gasteiger partial charge in [0.05, 0.1) is 6.61 Å². The largest absolute Gasteiger partial charge is 0.493 e. The van der Waals surface area contributed by atoms with Crippen LogP contribution in [0.15, 0.2) is 36.4 Å². The summed E-state index contributed by atoms with van der Waals surface area (Å²) < 4.78 is 6.08. The highest BCUT2D eigenvalue weighted by Gasteiger charge is 2.10. The fourth-order valence-corrected chi connectivity index (χ4v) is 2.46. The van der Waals surface area contributed by atoms with Crippen molar-refractivity contribution in [1.82, 2.24) is 5.32 Å². The molecule has 0 bridgehead atoms. The van der Waals surface area contributed by atoms with Gasteiger partial charge in [-0.15, -0.1) is 0 Å². The van der Waals surface area contributed by atoms with Gasteiger partial charge in [0.1, 0.15) is 5.75 Å². The second-order valence-electron chi connectivity index (χ2n) is 6.48. The molecule has 0 aliphatic carbocycles. The van der Waals surface area contributed by atoms with Crippen LogP contribution < -0.4 is 10.1 Å². The molecule has 1 N–H and O–H groups in total. The van der Waals surface area contributed by atoms with E-state index in [9.17, 15) is 0 Å². The molecule has 0 fully saturated rings. The maximum absolute atomic E-state index is 6.08. The van der Waals surface area contributed by atoms with E-state index in [4.69, 9.17) is 4.74 Å². The Labute approximate surface area is 134 Å². The summed E-state index contributed by atoms with van der Waals surface area (Å²) in [4.78, 5) is 0. The van der Waals surface area contributed by atoms with Gasteiger partial charge in [0.15, 0.2) is 0 Å². The predicted octanol–water partition coefficient (Wildman–Crippen LogP) is 5.15. The van der Waals surface area contributed by atoms with Crippen molar-refractivity contribution in [3.8, 4) is 5.75 Å². The molecule has 2 heteroatoms. The summed E-state index contributed by atoms with van der Waals surface area (Å²) in [5.41, 5.74) is 1.28. The molecule has 0 aromatic heterocycles. The summed E-state index contributed by atoms with van der Waals surface area (Å²) >= 11 is 0. The second kappa shape index (κ2) is 8.19. The molecule has 2 rings (SSSR count). The van der Waals surface area contributed by atoms with E-state index < -0.39 is 0 Å². The monoisotopic (exact) mass is 299 g/mol. The Morgan fingerprint density at radius 2 is 1.82 bits per heavy atom. The van der Waals surface area contributed by atoms with Crippen LogP contribution in [-0.2, 0) is 6.54 Å². The van der Waals surface area contributed by atoms with Gasteiger partial charge in [0.2, 0.25) is 0 Å². The molecule has 0 spiro atoms. The number of rotatable bonds is 8. The molecule has 0 saturated carbocycles. The zero-order valence-electron chi connectivity index (χ0n) is 14.4. The highest BCUT2D eigenvalue weighted by molar-refractivity contribution is 5.87. The summed E-state index contributed by atoms with van der Waals surface area (Å²) in [7, 11) is 0. The molecule has 0 radical (unpaired) electrons. The first-order valence-electron chi connectivity index (χ1n) is 8.48. The topological polar surface area (TPSA) is 21.3 Å². The molecule has 0 aliphatic heterocycles. The second-order valence-corrected chi connectivity index (χ2v) is 6.48. The molecular formula is C20H29NO. The Balaban J connectivity index is 2.24. The van der Waals surface area contributed by atoms with E-state index in [1.54, 1.807) is 0 Å². The van der Waals surface area contributed by atoms with Crippen molar-refractivity contribution in [3.63, 3.8) is 0 Å². The molecule has 2 aromatic carbocycles. The van der Waals surface area contributed by atoms with Crippen molar-refractivity contribution in [2.75, 3.05) is 6.61 Å². The molecule has 0 saturated heterocycles. The van der Waals surface area contributed by atoms with Gasteiger partial charge >= 0.3 is 0 Å². The van der Waals surface area contributed by atoms with Crippen molar-refractivity contribution in [2.45, 2.75) is 53.1 Å². The maximum atomic E-state index is 6.08. The van der Waals surface area contributed by atoms with Gasteiger partial charge in [0, 0.05) is 18.2 Å². The van der Waals surface area contributed by atoms with E-state index in [0.717, 1.165) is 31.7 Å². The number of hydrogen-bond donors (Lipinski definition) is 1. The van der Waals surface area contributed by atoms with Crippen LogP contribution in [0.5, 0.6) is 5.75 Å². The van der Waals surface area contributed by atoms with Crippen LogP contribution in [0, 0.1) is 5.92 Å². The predicted molar refractivity (Wildman–Crippen MR) is 95.5 cm³/mol. The van der Waals surface area contributed by atoms with Gasteiger partial charge < -0.3 is 10.1 Å². The highest BCUT2D eigenvalue weighted by atomic mass is 16.5. The Morgan fingerprint density at radius 3 is 2.55 bits per heavy atom. The van der Waals surface area contributed by atoms with Gasteiger partial charge in [-0.2, -0.15) is 0 Å². The summed E-state index contributed by atoms with van der Waals surface area (Å²) in [6.07, 6.45) is 2.22. The van der Waals surface area contributed by atoms with Crippen LogP contribution in [0.1, 0.15) is 46.1 Å². The van der Waals surface area contributed by atoms with Crippen LogP contribution >= 0.6 is 0 Å². The lowest BCUT2D eigenvalue weighted by Crippen LogP contribution is -2.25. The minimum absolute atomic E-state index is 0.516. The van der Waals surface area contributed by atoms with E-state index in [1.165, 1.54) is 16.3 Å². The van der Waals surface area contributed by atoms with E-state index in [2.05, 4.69) is 69.4 Å². The zero-order chi connectivity index (χ0) is 15.9. The van der Waals surface area contributed by atoms with Crippen molar-refractivity contribution < 1.29 is 4.74 Å². The Kier molecular flexibility index (Phi) is 6.26. The zero-order valence-corrected chi connectivity index (χ0v) is 14.4. The summed E-state index contributed by atoms with van der Waals surface area (Å²) in [6, 6.07) is 13.4. The summed E-state index contributed by atoms with van der Waals surface area (Å²) in [5, 5.41) is 6.17. The lowest BCUT2D eigenvalue weighted by molar-refractivity contribution is 0.286. The van der Waals surface area contributed by atoms with Gasteiger partial charge in [-0.1, -0.05) is 51.1 Å². The third-order valence-corrected chi connectivity index (χ3v) is 4.19. The fraction of sp³-hybridized carbons (Fsp3) is 0.500. The van der Waals surface area contributed by atoms with Gasteiger partial charge in [0.25, 0.3) is 0 Å². The van der Waals surface area contributed by atoms with Crippen molar-refractivity contribution >= 4 is 10.8 Å². The Hall–Kier alpha value is -1.54. The minimum Gasteiger partial charge on any atom is -0.493 e. The fourth-order valence-electron chi connectivity index (χ4n) is 2.46. The molecule has 2 aromatic rings. The molecule has 1 unspecified atom stereocenters. The van der Waals surface area contributed by atoms with Crippen molar-refractivity contribution in [3.05, 3.63) is 42.0 Å². The normalized spacial score (nSPS) is 12.8. The van der Waals surface area contributed by atoms with Crippen molar-refractivity contribution in [2.24, 2.45) is 5.92 Å². The van der Waals surface area contributed by atoms with Crippen LogP contribution in [0.3, 0.4) is 0 Å². The molecular weight excluding hydrogens is 270 g/mol. The molecule has 2 nitrogen and oxygen atoms in total. The van der Waals surface area contributed by atoms with Gasteiger partial charge in [-0.05, 0) is 42.5 Å². The standard InChI is InChI=1S/C20H29NO/c1-5-16(4)21-14-19-18-9-7-6-8-17(18)10-11-20(19)22-13-12-15(2)3/h6-11,15-16,21H,5,12-14H2,1-4H3. The maximum Gasteiger partial charge on any atom is 0.124 e. The average Bonchev–Trinajstić information content (AvgIpc) is 2.52. The summed E-state index contributed by atoms with van der Waals surface area (Å²) in [6.45, 7) is 10.5. The SMILES string of the molecule is CCC(C)NCc1c(OCCC(C)C)ccc2ccccc12. The molecule has 1 atom stereocenters. The lowest BCUT2D eigenvalue weighted by atomic mass is 10.0. The number of hydrogen-bond acceptors (Lipinski definition) is 2. The first kappa shape index (κ1) is 16.8. The van der Waals surface area contributed by atoms with E-state index in [1.807, 2.05) is 0 Å². The van der Waals surface area contributed by atoms with Crippen LogP contribution in [0.2, 0.25) is 0 Å². The van der Waals surface area contributed by atoms with Crippen LogP contribution in [0.25, 0.3) is 10.8 Å². The Bertz CT molecular complexity index is 591. The summed E-state index contributed by atoms with van der Waals surface area (Å²) in [5.74, 6) is 1.69. The smallest absolute Gasteiger partial charge is 0.124 e. The number of ether oxygens (including phenoxy) is 1. The molecule has 22 heavy (non-hydrogen) atoms. The van der Waals surface area contributed by atoms with Crippen LogP contribution in [0.4, 0.5) is 0 Å². The Morgan fingerprint density at radius 1 is 1.05 bits per heavy atom. The van der Waals surface area contributed by atoms with Gasteiger partial charge in [-0.25, -0.2) is 0 Å². The molecule has 0 amide bonds. The van der Waals surface area contributed by atoms with E-state index >= 15 is 0 Å². The lowest BCUT2D eigenvalue weighted by Gasteiger charge is -2.17. The first-order valence-corrected chi connectivity index (χ1v) is 8.48. The van der Waals surface area contributed by atoms with E-state index in [-0.39, 0.29) is 0 Å². The molecule has 120 valence electrons. The van der Waals surface area contributed by atoms with E-state index in [0.29, 0.717) is 12.0 Å². The third kappa shape index (κ3) is 4.48. The average molecular weight is 299 g/mol. The van der Waals surface area contributed by atoms with Crippen molar-refractivity contribution in [1.29, 1.82) is 0 Å². The first-order chi connectivity index (χ1) is 10.6. The number of benzene rings is 2. The number of fused-ring (bicyclic) bond motifs is 1. The third-order valence-electron chi connectivity index (χ3n) is 4.19. The van der Waals surface area contributed by atoms with Gasteiger partial charge in [-0.3, -0.25) is 0 Å². The quantitative estimate of drug-likeness (QED) is 0.727. The minimum atomic E-state index is 0.516. The highest BCUT2D eigenvalue weighted by Crippen LogP contribution is 2.28. The number of nitrogens with one attached hydrogen (secondary N) is 1. The molecule has 0 heterocycles. The molecule has 0 aliphatic rings.